The zero-order valence-electron chi connectivity index (χ0n) is 16.3. The number of benzene rings is 2. The number of carbonyl (C=O) groups excluding carboxylic acids is 1. The molecule has 0 unspecified atom stereocenters. The molecule has 2 aromatic rings. The summed E-state index contributed by atoms with van der Waals surface area (Å²) in [6, 6.07) is 11.6. The van der Waals surface area contributed by atoms with Crippen molar-refractivity contribution in [3.05, 3.63) is 58.7 Å². The second-order valence-corrected chi connectivity index (χ2v) is 7.30. The number of hydrogen-bond donors (Lipinski definition) is 2. The van der Waals surface area contributed by atoms with E-state index in [1.807, 2.05) is 50.2 Å². The van der Waals surface area contributed by atoms with Crippen LogP contribution in [0, 0.1) is 13.8 Å². The number of hydrogen-bond acceptors (Lipinski definition) is 4. The first kappa shape index (κ1) is 19.4. The highest BCUT2D eigenvalue weighted by molar-refractivity contribution is 6.04. The molecule has 0 saturated carbocycles. The summed E-state index contributed by atoms with van der Waals surface area (Å²) < 4.78 is 5.37. The molecule has 5 nitrogen and oxygen atoms in total. The topological polar surface area (TPSA) is 61.8 Å². The summed E-state index contributed by atoms with van der Waals surface area (Å²) in [5, 5.41) is 12.6. The Hall–Kier alpha value is -2.37. The molecule has 1 amide bonds. The van der Waals surface area contributed by atoms with Gasteiger partial charge in [-0.05, 0) is 67.6 Å². The van der Waals surface area contributed by atoms with Crippen LogP contribution in [-0.2, 0) is 6.54 Å². The molecule has 1 saturated heterocycles. The summed E-state index contributed by atoms with van der Waals surface area (Å²) >= 11 is 0. The van der Waals surface area contributed by atoms with Crippen molar-refractivity contribution in [2.75, 3.05) is 25.5 Å². The zero-order valence-corrected chi connectivity index (χ0v) is 16.3. The molecule has 0 aliphatic carbocycles. The number of aryl methyl sites for hydroxylation is 2. The second-order valence-electron chi connectivity index (χ2n) is 7.30. The van der Waals surface area contributed by atoms with E-state index in [0.29, 0.717) is 5.56 Å². The highest BCUT2D eigenvalue weighted by atomic mass is 16.5. The van der Waals surface area contributed by atoms with E-state index in [4.69, 9.17) is 4.74 Å². The summed E-state index contributed by atoms with van der Waals surface area (Å²) in [4.78, 5) is 14.9. The summed E-state index contributed by atoms with van der Waals surface area (Å²) in [7, 11) is 1.65. The van der Waals surface area contributed by atoms with E-state index in [1.54, 1.807) is 7.11 Å². The lowest BCUT2D eigenvalue weighted by molar-refractivity contribution is 0.0792. The molecule has 1 fully saturated rings. The van der Waals surface area contributed by atoms with Gasteiger partial charge in [-0.2, -0.15) is 0 Å². The van der Waals surface area contributed by atoms with Gasteiger partial charge in [0.1, 0.15) is 5.75 Å². The van der Waals surface area contributed by atoms with Crippen molar-refractivity contribution in [3.8, 4) is 5.75 Å². The lowest BCUT2D eigenvalue weighted by atomic mass is 10.1. The van der Waals surface area contributed by atoms with E-state index in [9.17, 15) is 9.90 Å². The fourth-order valence-electron chi connectivity index (χ4n) is 3.64. The Morgan fingerprint density at radius 2 is 1.74 bits per heavy atom. The Morgan fingerprint density at radius 3 is 2.30 bits per heavy atom. The second kappa shape index (κ2) is 8.55. The number of piperidine rings is 1. The van der Waals surface area contributed by atoms with Crippen LogP contribution in [0.25, 0.3) is 0 Å². The van der Waals surface area contributed by atoms with Gasteiger partial charge in [0.25, 0.3) is 5.91 Å². The van der Waals surface area contributed by atoms with Gasteiger partial charge >= 0.3 is 0 Å². The molecule has 0 spiro atoms. The number of aliphatic hydroxyl groups is 1. The predicted molar refractivity (Wildman–Crippen MR) is 107 cm³/mol. The number of amides is 1. The minimum absolute atomic E-state index is 0.119. The predicted octanol–water partition coefficient (Wildman–Crippen LogP) is 3.52. The monoisotopic (exact) mass is 368 g/mol. The number of rotatable bonds is 5. The number of carbonyl (C=O) groups is 1. The van der Waals surface area contributed by atoms with E-state index in [0.717, 1.165) is 55.0 Å². The van der Waals surface area contributed by atoms with Crippen molar-refractivity contribution in [2.24, 2.45) is 0 Å². The highest BCUT2D eigenvalue weighted by Crippen LogP contribution is 2.27. The number of nitrogens with one attached hydrogen (secondary N) is 1. The fourth-order valence-corrected chi connectivity index (χ4v) is 3.64. The quantitative estimate of drug-likeness (QED) is 0.848. The number of ether oxygens (including phenoxy) is 1. The molecule has 1 heterocycles. The van der Waals surface area contributed by atoms with Gasteiger partial charge in [-0.3, -0.25) is 9.69 Å². The van der Waals surface area contributed by atoms with Crippen LogP contribution in [0.1, 0.15) is 39.9 Å². The summed E-state index contributed by atoms with van der Waals surface area (Å²) in [5.41, 5.74) is 4.58. The Bertz CT molecular complexity index is 771. The largest absolute Gasteiger partial charge is 0.496 e. The smallest absolute Gasteiger partial charge is 0.255 e. The van der Waals surface area contributed by atoms with Crippen LogP contribution in [0.5, 0.6) is 5.75 Å². The van der Waals surface area contributed by atoms with Gasteiger partial charge in [0.05, 0.1) is 13.2 Å². The van der Waals surface area contributed by atoms with E-state index in [1.165, 1.54) is 5.56 Å². The first-order valence-electron chi connectivity index (χ1n) is 9.42. The van der Waals surface area contributed by atoms with Crippen LogP contribution in [0.4, 0.5) is 5.69 Å². The summed E-state index contributed by atoms with van der Waals surface area (Å²) in [6.45, 7) is 6.62. The number of anilines is 1. The zero-order chi connectivity index (χ0) is 19.4. The van der Waals surface area contributed by atoms with E-state index in [2.05, 4.69) is 10.2 Å². The Labute approximate surface area is 161 Å². The van der Waals surface area contributed by atoms with Crippen molar-refractivity contribution in [2.45, 2.75) is 39.3 Å². The van der Waals surface area contributed by atoms with Crippen LogP contribution >= 0.6 is 0 Å². The molecule has 27 heavy (non-hydrogen) atoms. The third-order valence-electron chi connectivity index (χ3n) is 5.10. The average Bonchev–Trinajstić information content (AvgIpc) is 2.64. The van der Waals surface area contributed by atoms with Gasteiger partial charge in [0.15, 0.2) is 0 Å². The van der Waals surface area contributed by atoms with Crippen LogP contribution in [0.2, 0.25) is 0 Å². The maximum atomic E-state index is 12.5. The van der Waals surface area contributed by atoms with Gasteiger partial charge in [-0.1, -0.05) is 12.1 Å². The number of aliphatic hydroxyl groups excluding tert-OH is 1. The molecule has 0 radical (unpaired) electrons. The number of methoxy groups -OCH3 is 1. The van der Waals surface area contributed by atoms with Crippen molar-refractivity contribution in [1.82, 2.24) is 4.90 Å². The SMILES string of the molecule is COc1c(C)cc(NC(=O)c2ccc(CN3CCC(O)CC3)cc2)cc1C. The molecule has 0 atom stereocenters. The van der Waals surface area contributed by atoms with Gasteiger partial charge in [0.2, 0.25) is 0 Å². The minimum atomic E-state index is -0.155. The number of nitrogens with zero attached hydrogens (tertiary/aromatic N) is 1. The normalized spacial score (nSPS) is 15.6. The van der Waals surface area contributed by atoms with E-state index < -0.39 is 0 Å². The molecule has 1 aliphatic rings. The van der Waals surface area contributed by atoms with Gasteiger partial charge in [-0.25, -0.2) is 0 Å². The standard InChI is InChI=1S/C22H28N2O3/c1-15-12-19(13-16(2)21(15)27-3)23-22(26)18-6-4-17(5-7-18)14-24-10-8-20(25)9-11-24/h4-7,12-13,20,25H,8-11,14H2,1-3H3,(H,23,26). The van der Waals surface area contributed by atoms with E-state index >= 15 is 0 Å². The van der Waals surface area contributed by atoms with Crippen LogP contribution in [-0.4, -0.2) is 42.2 Å². The Kier molecular flexibility index (Phi) is 6.14. The summed E-state index contributed by atoms with van der Waals surface area (Å²) in [5.74, 6) is 0.731. The van der Waals surface area contributed by atoms with Gasteiger partial charge in [0, 0.05) is 30.9 Å². The third-order valence-corrected chi connectivity index (χ3v) is 5.10. The first-order valence-corrected chi connectivity index (χ1v) is 9.42. The highest BCUT2D eigenvalue weighted by Gasteiger charge is 2.17. The molecule has 3 rings (SSSR count). The van der Waals surface area contributed by atoms with Gasteiger partial charge < -0.3 is 15.2 Å². The van der Waals surface area contributed by atoms with Crippen molar-refractivity contribution >= 4 is 11.6 Å². The lowest BCUT2D eigenvalue weighted by Gasteiger charge is -2.29. The maximum Gasteiger partial charge on any atom is 0.255 e. The summed E-state index contributed by atoms with van der Waals surface area (Å²) in [6.07, 6.45) is 1.51. The maximum absolute atomic E-state index is 12.5. The lowest BCUT2D eigenvalue weighted by Crippen LogP contribution is -2.35. The van der Waals surface area contributed by atoms with Crippen LogP contribution in [0.15, 0.2) is 36.4 Å². The van der Waals surface area contributed by atoms with Crippen LogP contribution in [0.3, 0.4) is 0 Å². The first-order chi connectivity index (χ1) is 13.0. The van der Waals surface area contributed by atoms with Crippen molar-refractivity contribution < 1.29 is 14.6 Å². The minimum Gasteiger partial charge on any atom is -0.496 e. The molecule has 0 aromatic heterocycles. The van der Waals surface area contributed by atoms with Gasteiger partial charge in [-0.15, -0.1) is 0 Å². The Morgan fingerprint density at radius 1 is 1.15 bits per heavy atom. The molecular weight excluding hydrogens is 340 g/mol. The molecule has 144 valence electrons. The molecule has 0 bridgehead atoms. The molecule has 1 aliphatic heterocycles. The van der Waals surface area contributed by atoms with Crippen LogP contribution < -0.4 is 10.1 Å². The van der Waals surface area contributed by atoms with E-state index in [-0.39, 0.29) is 12.0 Å². The van der Waals surface area contributed by atoms with Crippen molar-refractivity contribution in [1.29, 1.82) is 0 Å². The number of likely N-dealkylation sites (tertiary alicyclic amines) is 1. The fraction of sp³-hybridized carbons (Fsp3) is 0.409. The average molecular weight is 368 g/mol. The molecular formula is C22H28N2O3. The third kappa shape index (κ3) is 4.87. The molecule has 2 N–H and O–H groups in total. The molecule has 2 aromatic carbocycles. The van der Waals surface area contributed by atoms with Crippen molar-refractivity contribution in [3.63, 3.8) is 0 Å². The molecule has 5 heteroatoms. The Balaban J connectivity index is 1.62.